The van der Waals surface area contributed by atoms with Gasteiger partial charge in [0.05, 0.1) is 0 Å². The number of rotatable bonds is 9. The Labute approximate surface area is 104 Å². The minimum atomic E-state index is -1.44. The molecular weight excluding hydrogens is 234 g/mol. The Morgan fingerprint density at radius 1 is 1.06 bits per heavy atom. The van der Waals surface area contributed by atoms with Crippen molar-refractivity contribution >= 4 is 17.5 Å². The molecule has 0 aromatic heterocycles. The number of nitrogens with one attached hydrogen (secondary N) is 1. The van der Waals surface area contributed by atoms with E-state index in [9.17, 15) is 0 Å². The summed E-state index contributed by atoms with van der Waals surface area (Å²) < 4.78 is 11.4. The highest BCUT2D eigenvalue weighted by Gasteiger charge is 2.23. The summed E-state index contributed by atoms with van der Waals surface area (Å²) in [6.07, 6.45) is 1.16. The molecule has 0 bridgehead atoms. The predicted molar refractivity (Wildman–Crippen MR) is 75.8 cm³/mol. The maximum atomic E-state index is 5.72. The molecule has 1 unspecified atom stereocenters. The molecule has 98 valence electrons. The summed E-state index contributed by atoms with van der Waals surface area (Å²) in [6.45, 7) is 14.9. The fourth-order valence-corrected chi connectivity index (χ4v) is 5.54. The number of hydrogen-bond donors (Lipinski definition) is 1. The van der Waals surface area contributed by atoms with E-state index in [1.165, 1.54) is 0 Å². The molecule has 1 N–H and O–H groups in total. The molecule has 0 radical (unpaired) electrons. The zero-order chi connectivity index (χ0) is 12.6. The second kappa shape index (κ2) is 8.41. The van der Waals surface area contributed by atoms with Gasteiger partial charge in [0.25, 0.3) is 0 Å². The number of hydrogen-bond acceptors (Lipinski definition) is 3. The van der Waals surface area contributed by atoms with E-state index in [0.717, 1.165) is 25.7 Å². The second-order valence-electron chi connectivity index (χ2n) is 5.08. The third-order valence-corrected chi connectivity index (χ3v) is 5.95. The molecule has 0 aliphatic heterocycles. The fraction of sp³-hybridized carbons (Fsp3) is 1.00. The van der Waals surface area contributed by atoms with Crippen LogP contribution in [0.5, 0.6) is 0 Å². The van der Waals surface area contributed by atoms with Crippen molar-refractivity contribution in [2.24, 2.45) is 0 Å². The highest BCUT2D eigenvalue weighted by molar-refractivity contribution is 6.73. The first kappa shape index (κ1) is 16.3. The van der Waals surface area contributed by atoms with E-state index >= 15 is 0 Å². The van der Waals surface area contributed by atoms with Crippen LogP contribution in [-0.2, 0) is 8.85 Å². The summed E-state index contributed by atoms with van der Waals surface area (Å²) in [5.74, 6) is 0. The molecule has 0 aliphatic rings. The van der Waals surface area contributed by atoms with Crippen LogP contribution in [0.15, 0.2) is 0 Å². The molecule has 0 saturated carbocycles. The Bertz CT molecular complexity index is 168. The van der Waals surface area contributed by atoms with Gasteiger partial charge in [-0.3, -0.25) is 0 Å². The van der Waals surface area contributed by atoms with Gasteiger partial charge in [0.2, 0.25) is 0 Å². The molecule has 5 heteroatoms. The van der Waals surface area contributed by atoms with Gasteiger partial charge in [0.1, 0.15) is 8.24 Å². The van der Waals surface area contributed by atoms with Crippen LogP contribution >= 0.6 is 0 Å². The lowest BCUT2D eigenvalue weighted by Crippen LogP contribution is -2.49. The molecule has 0 aromatic carbocycles. The Morgan fingerprint density at radius 2 is 1.56 bits per heavy atom. The van der Waals surface area contributed by atoms with Crippen LogP contribution in [-0.4, -0.2) is 36.8 Å². The molecule has 0 fully saturated rings. The van der Waals surface area contributed by atoms with Crippen molar-refractivity contribution < 1.29 is 8.85 Å². The smallest absolute Gasteiger partial charge is 0.322 e. The molecular formula is C11H29NO2Si2. The van der Waals surface area contributed by atoms with Gasteiger partial charge >= 0.3 is 9.28 Å². The lowest BCUT2D eigenvalue weighted by Gasteiger charge is -2.28. The van der Waals surface area contributed by atoms with Gasteiger partial charge in [-0.25, -0.2) is 0 Å². The molecule has 16 heavy (non-hydrogen) atoms. The van der Waals surface area contributed by atoms with Crippen molar-refractivity contribution in [3.05, 3.63) is 0 Å². The topological polar surface area (TPSA) is 30.5 Å². The SMILES string of the molecule is CCO[SiH](CC(CC)N[Si](C)(C)C)OCC. The highest BCUT2D eigenvalue weighted by Crippen LogP contribution is 2.09. The maximum absolute atomic E-state index is 5.72. The average Bonchev–Trinajstić information content (AvgIpc) is 2.15. The van der Waals surface area contributed by atoms with E-state index in [-0.39, 0.29) is 0 Å². The van der Waals surface area contributed by atoms with Crippen molar-refractivity contribution in [1.29, 1.82) is 0 Å². The summed E-state index contributed by atoms with van der Waals surface area (Å²) in [6, 6.07) is 1.66. The molecule has 0 aromatic rings. The van der Waals surface area contributed by atoms with Gasteiger partial charge in [-0.2, -0.15) is 0 Å². The summed E-state index contributed by atoms with van der Waals surface area (Å²) in [5, 5.41) is 0. The zero-order valence-corrected chi connectivity index (χ0v) is 14.0. The van der Waals surface area contributed by atoms with Crippen LogP contribution in [0.1, 0.15) is 27.2 Å². The van der Waals surface area contributed by atoms with Gasteiger partial charge in [-0.1, -0.05) is 26.6 Å². The van der Waals surface area contributed by atoms with Gasteiger partial charge in [0, 0.05) is 25.3 Å². The van der Waals surface area contributed by atoms with Crippen LogP contribution in [0.4, 0.5) is 0 Å². The lowest BCUT2D eigenvalue weighted by atomic mass is 10.3. The standard InChI is InChI=1S/C11H29NO2Si2/c1-7-11(12-16(4,5)6)10-15(13-8-2)14-9-3/h11-12,15H,7-10H2,1-6H3. The van der Waals surface area contributed by atoms with Gasteiger partial charge in [-0.15, -0.1) is 0 Å². The lowest BCUT2D eigenvalue weighted by molar-refractivity contribution is 0.210. The third-order valence-electron chi connectivity index (χ3n) is 2.31. The first-order chi connectivity index (χ1) is 7.42. The summed E-state index contributed by atoms with van der Waals surface area (Å²) in [7, 11) is -2.63. The zero-order valence-electron chi connectivity index (χ0n) is 11.8. The van der Waals surface area contributed by atoms with Crippen molar-refractivity contribution in [2.75, 3.05) is 13.2 Å². The summed E-state index contributed by atoms with van der Waals surface area (Å²) in [5.41, 5.74) is 0. The first-order valence-electron chi connectivity index (χ1n) is 6.43. The molecule has 1 atom stereocenters. The average molecular weight is 264 g/mol. The second-order valence-corrected chi connectivity index (χ2v) is 11.9. The highest BCUT2D eigenvalue weighted by atomic mass is 28.3. The molecule has 0 spiro atoms. The Balaban J connectivity index is 4.14. The van der Waals surface area contributed by atoms with Crippen LogP contribution < -0.4 is 4.98 Å². The molecule has 0 amide bonds. The Kier molecular flexibility index (Phi) is 8.58. The predicted octanol–water partition coefficient (Wildman–Crippen LogP) is 2.48. The van der Waals surface area contributed by atoms with Gasteiger partial charge in [-0.05, 0) is 20.3 Å². The first-order valence-corrected chi connectivity index (χ1v) is 11.7. The Hall–Kier alpha value is 0.314. The molecule has 0 rings (SSSR count). The van der Waals surface area contributed by atoms with Gasteiger partial charge < -0.3 is 13.8 Å². The minimum Gasteiger partial charge on any atom is -0.397 e. The van der Waals surface area contributed by atoms with Crippen molar-refractivity contribution in [3.63, 3.8) is 0 Å². The van der Waals surface area contributed by atoms with Crippen LogP contribution in [0, 0.1) is 0 Å². The van der Waals surface area contributed by atoms with E-state index in [4.69, 9.17) is 8.85 Å². The summed E-state index contributed by atoms with van der Waals surface area (Å²) in [4.78, 5) is 3.77. The third kappa shape index (κ3) is 8.46. The molecule has 0 heterocycles. The van der Waals surface area contributed by atoms with Crippen molar-refractivity contribution in [1.82, 2.24) is 4.98 Å². The van der Waals surface area contributed by atoms with Crippen LogP contribution in [0.3, 0.4) is 0 Å². The van der Waals surface area contributed by atoms with E-state index in [1.54, 1.807) is 0 Å². The largest absolute Gasteiger partial charge is 0.397 e. The minimum absolute atomic E-state index is 0.571. The van der Waals surface area contributed by atoms with Gasteiger partial charge in [0.15, 0.2) is 0 Å². The monoisotopic (exact) mass is 263 g/mol. The Morgan fingerprint density at radius 3 is 1.88 bits per heavy atom. The van der Waals surface area contributed by atoms with Crippen molar-refractivity contribution in [2.45, 2.75) is 58.9 Å². The van der Waals surface area contributed by atoms with Crippen LogP contribution in [0.25, 0.3) is 0 Å². The fourth-order valence-electron chi connectivity index (χ4n) is 1.73. The molecule has 3 nitrogen and oxygen atoms in total. The molecule has 0 aliphatic carbocycles. The van der Waals surface area contributed by atoms with E-state index < -0.39 is 17.5 Å². The van der Waals surface area contributed by atoms with E-state index in [1.807, 2.05) is 13.8 Å². The molecule has 0 saturated heterocycles. The van der Waals surface area contributed by atoms with E-state index in [0.29, 0.717) is 6.04 Å². The van der Waals surface area contributed by atoms with E-state index in [2.05, 4.69) is 31.5 Å². The normalized spacial score (nSPS) is 14.4. The summed E-state index contributed by atoms with van der Waals surface area (Å²) >= 11 is 0. The quantitative estimate of drug-likeness (QED) is 0.648. The maximum Gasteiger partial charge on any atom is 0.322 e. The van der Waals surface area contributed by atoms with Crippen LogP contribution in [0.2, 0.25) is 25.7 Å². The van der Waals surface area contributed by atoms with Crippen molar-refractivity contribution in [3.8, 4) is 0 Å².